The Hall–Kier alpha value is -2.33. The number of esters is 1. The van der Waals surface area contributed by atoms with E-state index in [0.29, 0.717) is 24.5 Å². The molecule has 1 aliphatic rings. The number of amides is 1. The molecule has 33 heavy (non-hydrogen) atoms. The third-order valence-corrected chi connectivity index (χ3v) is 7.75. The Morgan fingerprint density at radius 2 is 1.82 bits per heavy atom. The van der Waals surface area contributed by atoms with Crippen LogP contribution in [0.3, 0.4) is 0 Å². The number of anilines is 1. The van der Waals surface area contributed by atoms with E-state index in [1.807, 2.05) is 0 Å². The number of hydrogen-bond acceptors (Lipinski definition) is 6. The average Bonchev–Trinajstić information content (AvgIpc) is 2.79. The molecule has 0 radical (unpaired) electrons. The average molecular weight is 515 g/mol. The first-order chi connectivity index (χ1) is 15.7. The summed E-state index contributed by atoms with van der Waals surface area (Å²) in [5.41, 5.74) is 0.355. The van der Waals surface area contributed by atoms with Crippen molar-refractivity contribution < 1.29 is 27.5 Å². The molecule has 0 atom stereocenters. The third kappa shape index (κ3) is 5.78. The van der Waals surface area contributed by atoms with Gasteiger partial charge in [0.05, 0.1) is 40.8 Å². The summed E-state index contributed by atoms with van der Waals surface area (Å²) in [5.74, 6) is -0.871. The van der Waals surface area contributed by atoms with Crippen LogP contribution in [0.2, 0.25) is 10.0 Å². The van der Waals surface area contributed by atoms with Crippen LogP contribution in [0.15, 0.2) is 41.3 Å². The van der Waals surface area contributed by atoms with Crippen molar-refractivity contribution in [2.45, 2.75) is 24.7 Å². The minimum atomic E-state index is -3.85. The lowest BCUT2D eigenvalue weighted by Gasteiger charge is -2.30. The summed E-state index contributed by atoms with van der Waals surface area (Å²) < 4.78 is 38.1. The number of methoxy groups -OCH3 is 1. The molecule has 0 aliphatic carbocycles. The van der Waals surface area contributed by atoms with Gasteiger partial charge in [0.1, 0.15) is 5.75 Å². The highest BCUT2D eigenvalue weighted by Crippen LogP contribution is 2.32. The molecule has 0 unspecified atom stereocenters. The molecular weight excluding hydrogens is 491 g/mol. The van der Waals surface area contributed by atoms with Crippen LogP contribution in [0.4, 0.5) is 5.69 Å². The lowest BCUT2D eigenvalue weighted by atomic mass is 9.98. The van der Waals surface area contributed by atoms with Gasteiger partial charge in [-0.1, -0.05) is 23.2 Å². The van der Waals surface area contributed by atoms with E-state index < -0.39 is 15.9 Å². The van der Waals surface area contributed by atoms with Gasteiger partial charge in [-0.05, 0) is 56.2 Å². The summed E-state index contributed by atoms with van der Waals surface area (Å²) in [4.78, 5) is 24.7. The Labute approximate surface area is 202 Å². The van der Waals surface area contributed by atoms with Crippen molar-refractivity contribution in [1.82, 2.24) is 4.31 Å². The van der Waals surface area contributed by atoms with Crippen molar-refractivity contribution >= 4 is 50.8 Å². The Morgan fingerprint density at radius 1 is 1.12 bits per heavy atom. The van der Waals surface area contributed by atoms with E-state index in [1.54, 1.807) is 6.92 Å². The second-order valence-electron chi connectivity index (χ2n) is 7.37. The topological polar surface area (TPSA) is 102 Å². The van der Waals surface area contributed by atoms with Gasteiger partial charge in [0.25, 0.3) is 5.91 Å². The maximum absolute atomic E-state index is 13.2. The zero-order chi connectivity index (χ0) is 24.2. The summed E-state index contributed by atoms with van der Waals surface area (Å²) in [6.07, 6.45) is 0.764. The van der Waals surface area contributed by atoms with Crippen molar-refractivity contribution in [3.05, 3.63) is 52.0 Å². The van der Waals surface area contributed by atoms with Crippen molar-refractivity contribution in [2.24, 2.45) is 5.92 Å². The molecule has 1 amide bonds. The van der Waals surface area contributed by atoms with Crippen LogP contribution < -0.4 is 10.1 Å². The van der Waals surface area contributed by atoms with Gasteiger partial charge >= 0.3 is 5.97 Å². The molecule has 2 aromatic rings. The molecule has 0 bridgehead atoms. The lowest BCUT2D eigenvalue weighted by Crippen LogP contribution is -2.40. The van der Waals surface area contributed by atoms with E-state index in [0.717, 1.165) is 0 Å². The highest BCUT2D eigenvalue weighted by atomic mass is 35.5. The molecule has 1 N–H and O–H groups in total. The third-order valence-electron chi connectivity index (χ3n) is 5.31. The summed E-state index contributed by atoms with van der Waals surface area (Å²) >= 11 is 12.0. The van der Waals surface area contributed by atoms with Gasteiger partial charge in [-0.15, -0.1) is 0 Å². The van der Waals surface area contributed by atoms with Crippen LogP contribution in [-0.4, -0.2) is 51.4 Å². The fourth-order valence-electron chi connectivity index (χ4n) is 3.55. The van der Waals surface area contributed by atoms with Crippen molar-refractivity contribution in [1.29, 1.82) is 0 Å². The molecule has 3 rings (SSSR count). The van der Waals surface area contributed by atoms with Crippen LogP contribution in [0.5, 0.6) is 5.75 Å². The molecule has 0 saturated carbocycles. The standard InChI is InChI=1S/C22H24Cl2N2O6S/c1-3-32-22(28)14-8-10-26(11-9-14)33(29,30)16-5-7-20(31-2)19(13-16)25-21(27)17-6-4-15(23)12-18(17)24/h4-7,12-14H,3,8-11H2,1-2H3,(H,25,27). The minimum absolute atomic E-state index is 0.00427. The second kappa shape index (κ2) is 10.7. The Balaban J connectivity index is 1.81. The molecule has 1 saturated heterocycles. The highest BCUT2D eigenvalue weighted by Gasteiger charge is 2.33. The number of carbonyl (C=O) groups is 2. The molecule has 0 spiro atoms. The maximum Gasteiger partial charge on any atom is 0.309 e. The number of carbonyl (C=O) groups excluding carboxylic acids is 2. The van der Waals surface area contributed by atoms with Crippen LogP contribution in [0, 0.1) is 5.92 Å². The quantitative estimate of drug-likeness (QED) is 0.555. The number of benzene rings is 2. The number of sulfonamides is 1. The van der Waals surface area contributed by atoms with E-state index in [1.165, 1.54) is 47.8 Å². The zero-order valence-corrected chi connectivity index (χ0v) is 20.5. The van der Waals surface area contributed by atoms with E-state index >= 15 is 0 Å². The molecule has 0 aromatic heterocycles. The second-order valence-corrected chi connectivity index (χ2v) is 10.2. The number of nitrogens with zero attached hydrogens (tertiary/aromatic N) is 1. The first kappa shape index (κ1) is 25.3. The number of ether oxygens (including phenoxy) is 2. The predicted molar refractivity (Wildman–Crippen MR) is 126 cm³/mol. The van der Waals surface area contributed by atoms with E-state index in [4.69, 9.17) is 32.7 Å². The fraction of sp³-hybridized carbons (Fsp3) is 0.364. The van der Waals surface area contributed by atoms with Crippen molar-refractivity contribution in [3.63, 3.8) is 0 Å². The van der Waals surface area contributed by atoms with Gasteiger partial charge in [0, 0.05) is 18.1 Å². The van der Waals surface area contributed by atoms with Gasteiger partial charge in [0.15, 0.2) is 0 Å². The molecule has 1 fully saturated rings. The summed E-state index contributed by atoms with van der Waals surface area (Å²) in [6.45, 7) is 2.41. The molecule has 1 heterocycles. The van der Waals surface area contributed by atoms with Gasteiger partial charge < -0.3 is 14.8 Å². The van der Waals surface area contributed by atoms with Gasteiger partial charge in [-0.25, -0.2) is 8.42 Å². The molecule has 178 valence electrons. The molecule has 1 aliphatic heterocycles. The van der Waals surface area contributed by atoms with Crippen LogP contribution >= 0.6 is 23.2 Å². The number of rotatable bonds is 7. The van der Waals surface area contributed by atoms with E-state index in [-0.39, 0.29) is 51.9 Å². The Kier molecular flexibility index (Phi) is 8.23. The van der Waals surface area contributed by atoms with Crippen molar-refractivity contribution in [2.75, 3.05) is 32.1 Å². The van der Waals surface area contributed by atoms with E-state index in [9.17, 15) is 18.0 Å². The predicted octanol–water partition coefficient (Wildman–Crippen LogP) is 4.22. The Bertz CT molecular complexity index is 1150. The maximum atomic E-state index is 13.2. The van der Waals surface area contributed by atoms with Crippen LogP contribution in [0.1, 0.15) is 30.1 Å². The number of hydrogen-bond donors (Lipinski definition) is 1. The molecule has 8 nitrogen and oxygen atoms in total. The zero-order valence-electron chi connectivity index (χ0n) is 18.1. The van der Waals surface area contributed by atoms with Crippen molar-refractivity contribution in [3.8, 4) is 5.75 Å². The largest absolute Gasteiger partial charge is 0.495 e. The van der Waals surface area contributed by atoms with Crippen LogP contribution in [0.25, 0.3) is 0 Å². The summed E-state index contributed by atoms with van der Waals surface area (Å²) in [5, 5.41) is 3.20. The van der Waals surface area contributed by atoms with Crippen LogP contribution in [-0.2, 0) is 19.6 Å². The molecular formula is C22H24Cl2N2O6S. The van der Waals surface area contributed by atoms with E-state index in [2.05, 4.69) is 5.32 Å². The first-order valence-electron chi connectivity index (χ1n) is 10.3. The number of nitrogens with one attached hydrogen (secondary N) is 1. The van der Waals surface area contributed by atoms with Gasteiger partial charge in [-0.2, -0.15) is 4.31 Å². The first-order valence-corrected chi connectivity index (χ1v) is 12.5. The highest BCUT2D eigenvalue weighted by molar-refractivity contribution is 7.89. The SMILES string of the molecule is CCOC(=O)C1CCN(S(=O)(=O)c2ccc(OC)c(NC(=O)c3ccc(Cl)cc3Cl)c2)CC1. The lowest BCUT2D eigenvalue weighted by molar-refractivity contribution is -0.149. The number of halogens is 2. The summed E-state index contributed by atoms with van der Waals surface area (Å²) in [6, 6.07) is 8.67. The molecule has 11 heteroatoms. The number of piperidine rings is 1. The monoisotopic (exact) mass is 514 g/mol. The minimum Gasteiger partial charge on any atom is -0.495 e. The summed E-state index contributed by atoms with van der Waals surface area (Å²) in [7, 11) is -2.44. The van der Waals surface area contributed by atoms with Gasteiger partial charge in [0.2, 0.25) is 10.0 Å². The molecule has 2 aromatic carbocycles. The normalized spacial score (nSPS) is 15.2. The fourth-order valence-corrected chi connectivity index (χ4v) is 5.54. The Morgan fingerprint density at radius 3 is 2.42 bits per heavy atom. The van der Waals surface area contributed by atoms with Gasteiger partial charge in [-0.3, -0.25) is 9.59 Å². The smallest absolute Gasteiger partial charge is 0.309 e.